The van der Waals surface area contributed by atoms with E-state index >= 15 is 0 Å². The molecule has 3 aliphatic rings. The van der Waals surface area contributed by atoms with Crippen LogP contribution in [-0.4, -0.2) is 13.2 Å². The molecule has 18 heavy (non-hydrogen) atoms. The summed E-state index contributed by atoms with van der Waals surface area (Å²) in [6.07, 6.45) is 0. The van der Waals surface area contributed by atoms with Gasteiger partial charge in [0.15, 0.2) is 0 Å². The van der Waals surface area contributed by atoms with E-state index in [0.717, 1.165) is 13.2 Å². The van der Waals surface area contributed by atoms with Gasteiger partial charge in [0.2, 0.25) is 0 Å². The van der Waals surface area contributed by atoms with Crippen molar-refractivity contribution >= 4 is 0 Å². The maximum absolute atomic E-state index is 5.86. The fraction of sp³-hybridized carbons (Fsp3) is 0.250. The van der Waals surface area contributed by atoms with Crippen LogP contribution < -0.4 is 0 Å². The third-order valence-corrected chi connectivity index (χ3v) is 4.46. The molecular formula is C16H12O2. The molecule has 2 nitrogen and oxygen atoms in total. The van der Waals surface area contributed by atoms with Crippen molar-refractivity contribution in [3.8, 4) is 0 Å². The molecule has 5 rings (SSSR count). The second kappa shape index (κ2) is 2.68. The molecule has 2 spiro atoms. The number of ether oxygens (including phenoxy) is 2. The largest absolute Gasteiger partial charge is 0.359 e. The van der Waals surface area contributed by atoms with Crippen LogP contribution in [0.1, 0.15) is 22.3 Å². The lowest BCUT2D eigenvalue weighted by atomic mass is 9.72. The van der Waals surface area contributed by atoms with Gasteiger partial charge in [-0.25, -0.2) is 0 Å². The van der Waals surface area contributed by atoms with Gasteiger partial charge in [0.25, 0.3) is 0 Å². The lowest BCUT2D eigenvalue weighted by Crippen LogP contribution is -2.29. The van der Waals surface area contributed by atoms with Crippen LogP contribution in [0.4, 0.5) is 0 Å². The molecule has 0 radical (unpaired) electrons. The van der Waals surface area contributed by atoms with E-state index in [1.54, 1.807) is 0 Å². The maximum atomic E-state index is 5.86. The lowest BCUT2D eigenvalue weighted by molar-refractivity contribution is 0.303. The lowest BCUT2D eigenvalue weighted by Gasteiger charge is -2.30. The molecule has 0 saturated carbocycles. The average molecular weight is 236 g/mol. The Morgan fingerprint density at radius 2 is 0.889 bits per heavy atom. The summed E-state index contributed by atoms with van der Waals surface area (Å²) in [5, 5.41) is 0. The summed E-state index contributed by atoms with van der Waals surface area (Å²) in [6.45, 7) is 1.58. The fourth-order valence-corrected chi connectivity index (χ4v) is 3.43. The van der Waals surface area contributed by atoms with Gasteiger partial charge < -0.3 is 9.47 Å². The molecular weight excluding hydrogens is 224 g/mol. The zero-order valence-corrected chi connectivity index (χ0v) is 9.85. The monoisotopic (exact) mass is 236 g/mol. The quantitative estimate of drug-likeness (QED) is 0.657. The van der Waals surface area contributed by atoms with Crippen molar-refractivity contribution in [2.75, 3.05) is 13.2 Å². The first kappa shape index (κ1) is 9.31. The molecule has 0 aromatic heterocycles. The Bertz CT molecular complexity index is 557. The van der Waals surface area contributed by atoms with Gasteiger partial charge in [0, 0.05) is 0 Å². The van der Waals surface area contributed by atoms with E-state index in [-0.39, 0.29) is 11.2 Å². The van der Waals surface area contributed by atoms with E-state index in [0.29, 0.717) is 0 Å². The molecule has 2 heteroatoms. The molecule has 1 aliphatic carbocycles. The van der Waals surface area contributed by atoms with Crippen LogP contribution >= 0.6 is 0 Å². The molecule has 2 aromatic rings. The number of fused-ring (bicyclic) bond motifs is 6. The molecule has 0 atom stereocenters. The van der Waals surface area contributed by atoms with Gasteiger partial charge in [-0.2, -0.15) is 0 Å². The highest BCUT2D eigenvalue weighted by molar-refractivity contribution is 5.61. The van der Waals surface area contributed by atoms with Crippen LogP contribution in [0, 0.1) is 0 Å². The van der Waals surface area contributed by atoms with Gasteiger partial charge in [0.1, 0.15) is 11.2 Å². The van der Waals surface area contributed by atoms with Crippen LogP contribution in [0.3, 0.4) is 0 Å². The molecule has 0 N–H and O–H groups in total. The highest BCUT2D eigenvalue weighted by Gasteiger charge is 2.62. The summed E-state index contributed by atoms with van der Waals surface area (Å²) in [6, 6.07) is 17.1. The Balaban J connectivity index is 1.91. The van der Waals surface area contributed by atoms with Gasteiger partial charge in [-0.15, -0.1) is 0 Å². The predicted octanol–water partition coefficient (Wildman–Crippen LogP) is 2.55. The first-order valence-corrected chi connectivity index (χ1v) is 6.35. The van der Waals surface area contributed by atoms with Crippen molar-refractivity contribution in [3.63, 3.8) is 0 Å². The van der Waals surface area contributed by atoms with Crippen molar-refractivity contribution in [3.05, 3.63) is 70.8 Å². The zero-order valence-electron chi connectivity index (χ0n) is 9.85. The minimum atomic E-state index is -0.190. The van der Waals surface area contributed by atoms with Gasteiger partial charge in [-0.3, -0.25) is 0 Å². The van der Waals surface area contributed by atoms with Gasteiger partial charge in [0.05, 0.1) is 13.2 Å². The van der Waals surface area contributed by atoms with Crippen LogP contribution in [0.15, 0.2) is 48.5 Å². The van der Waals surface area contributed by atoms with E-state index in [1.807, 2.05) is 0 Å². The average Bonchev–Trinajstić information content (AvgIpc) is 3.32. The molecule has 2 heterocycles. The zero-order chi connectivity index (χ0) is 11.8. The Morgan fingerprint density at radius 1 is 0.611 bits per heavy atom. The van der Waals surface area contributed by atoms with Gasteiger partial charge >= 0.3 is 0 Å². The maximum Gasteiger partial charge on any atom is 0.142 e. The summed E-state index contributed by atoms with van der Waals surface area (Å²) >= 11 is 0. The molecule has 2 saturated heterocycles. The minimum absolute atomic E-state index is 0.190. The third-order valence-electron chi connectivity index (χ3n) is 4.46. The highest BCUT2D eigenvalue weighted by Crippen LogP contribution is 2.60. The molecule has 2 fully saturated rings. The highest BCUT2D eigenvalue weighted by atomic mass is 16.6. The van der Waals surface area contributed by atoms with E-state index in [2.05, 4.69) is 48.5 Å². The molecule has 88 valence electrons. The smallest absolute Gasteiger partial charge is 0.142 e. The van der Waals surface area contributed by atoms with Gasteiger partial charge in [-0.05, 0) is 22.3 Å². The van der Waals surface area contributed by atoms with Crippen molar-refractivity contribution in [1.29, 1.82) is 0 Å². The van der Waals surface area contributed by atoms with E-state index < -0.39 is 0 Å². The molecule has 2 aromatic carbocycles. The standard InChI is InChI=1S/C16H12O2/c1-2-6-12-11(5-1)15(9-17-15)13-7-3-4-8-14(13)16(12)10-18-16/h1-8H,9-10H2. The van der Waals surface area contributed by atoms with Gasteiger partial charge in [-0.1, -0.05) is 48.5 Å². The van der Waals surface area contributed by atoms with E-state index in [4.69, 9.17) is 9.47 Å². The minimum Gasteiger partial charge on any atom is -0.359 e. The van der Waals surface area contributed by atoms with Crippen molar-refractivity contribution in [2.24, 2.45) is 0 Å². The van der Waals surface area contributed by atoms with Crippen molar-refractivity contribution < 1.29 is 9.47 Å². The van der Waals surface area contributed by atoms with Crippen molar-refractivity contribution in [2.45, 2.75) is 11.2 Å². The molecule has 2 aliphatic heterocycles. The Hall–Kier alpha value is -1.64. The molecule has 0 amide bonds. The topological polar surface area (TPSA) is 25.1 Å². The van der Waals surface area contributed by atoms with Crippen LogP contribution in [0.5, 0.6) is 0 Å². The normalized spacial score (nSPS) is 34.2. The number of hydrogen-bond donors (Lipinski definition) is 0. The predicted molar refractivity (Wildman–Crippen MR) is 66.3 cm³/mol. The summed E-state index contributed by atoms with van der Waals surface area (Å²) in [5.41, 5.74) is 4.79. The number of epoxide rings is 2. The van der Waals surface area contributed by atoms with Crippen LogP contribution in [0.25, 0.3) is 0 Å². The SMILES string of the molecule is c1ccc2c(c1)C1(CO1)c1ccccc1C21CO1. The second-order valence-electron chi connectivity index (χ2n) is 5.32. The van der Waals surface area contributed by atoms with E-state index in [1.165, 1.54) is 22.3 Å². The van der Waals surface area contributed by atoms with E-state index in [9.17, 15) is 0 Å². The summed E-state index contributed by atoms with van der Waals surface area (Å²) in [5.74, 6) is 0. The van der Waals surface area contributed by atoms with Crippen molar-refractivity contribution in [1.82, 2.24) is 0 Å². The number of rotatable bonds is 0. The third kappa shape index (κ3) is 0.867. The molecule has 0 bridgehead atoms. The first-order valence-electron chi connectivity index (χ1n) is 6.35. The Morgan fingerprint density at radius 3 is 1.11 bits per heavy atom. The molecule has 0 unspecified atom stereocenters. The number of benzene rings is 2. The van der Waals surface area contributed by atoms with Crippen LogP contribution in [0.2, 0.25) is 0 Å². The first-order chi connectivity index (χ1) is 8.87. The second-order valence-corrected chi connectivity index (χ2v) is 5.32. The summed E-state index contributed by atoms with van der Waals surface area (Å²) in [4.78, 5) is 0. The summed E-state index contributed by atoms with van der Waals surface area (Å²) in [7, 11) is 0. The van der Waals surface area contributed by atoms with Crippen LogP contribution in [-0.2, 0) is 20.7 Å². The Kier molecular flexibility index (Phi) is 1.39. The Labute approximate surface area is 105 Å². The fourth-order valence-electron chi connectivity index (χ4n) is 3.43. The number of hydrogen-bond acceptors (Lipinski definition) is 2. The summed E-state index contributed by atoms with van der Waals surface area (Å²) < 4.78 is 11.7.